The van der Waals surface area contributed by atoms with Crippen molar-refractivity contribution in [3.05, 3.63) is 64.7 Å². The Morgan fingerprint density at radius 1 is 1.15 bits per heavy atom. The first-order valence-corrected chi connectivity index (χ1v) is 12.6. The van der Waals surface area contributed by atoms with E-state index in [-0.39, 0.29) is 5.75 Å². The van der Waals surface area contributed by atoms with Gasteiger partial charge in [-0.2, -0.15) is 0 Å². The number of methoxy groups -OCH3 is 1. The van der Waals surface area contributed by atoms with Gasteiger partial charge in [0.25, 0.3) is 0 Å². The number of aromatic nitrogens is 5. The molecule has 1 aromatic carbocycles. The molecule has 3 aromatic heterocycles. The maximum absolute atomic E-state index is 13.1. The number of pyridine rings is 1. The largest absolute Gasteiger partial charge is 0.493 e. The van der Waals surface area contributed by atoms with Gasteiger partial charge in [-0.3, -0.25) is 4.57 Å². The predicted octanol–water partition coefficient (Wildman–Crippen LogP) is 2.53. The van der Waals surface area contributed by atoms with E-state index in [9.17, 15) is 13.2 Å². The van der Waals surface area contributed by atoms with Crippen LogP contribution in [-0.4, -0.2) is 58.6 Å². The summed E-state index contributed by atoms with van der Waals surface area (Å²) >= 11 is 0. The minimum Gasteiger partial charge on any atom is -0.493 e. The lowest BCUT2D eigenvalue weighted by Crippen LogP contribution is -2.28. The molecule has 0 aliphatic heterocycles. The van der Waals surface area contributed by atoms with E-state index in [1.165, 1.54) is 18.0 Å². The van der Waals surface area contributed by atoms with Crippen molar-refractivity contribution in [2.45, 2.75) is 19.9 Å². The van der Waals surface area contributed by atoms with E-state index < -0.39 is 21.6 Å². The van der Waals surface area contributed by atoms with Crippen molar-refractivity contribution in [1.82, 2.24) is 24.5 Å². The Morgan fingerprint density at radius 2 is 1.94 bits per heavy atom. The van der Waals surface area contributed by atoms with Crippen LogP contribution in [0.2, 0.25) is 0 Å². The van der Waals surface area contributed by atoms with Crippen LogP contribution in [0.4, 0.5) is 0 Å². The van der Waals surface area contributed by atoms with Crippen molar-refractivity contribution >= 4 is 21.0 Å². The van der Waals surface area contributed by atoms with Crippen LogP contribution in [0.15, 0.2) is 47.8 Å². The second-order valence-electron chi connectivity index (χ2n) is 7.87. The summed E-state index contributed by atoms with van der Waals surface area (Å²) in [5.41, 5.74) is 3.22. The highest BCUT2D eigenvalue weighted by Crippen LogP contribution is 2.33. The Balaban J connectivity index is 1.89. The summed E-state index contributed by atoms with van der Waals surface area (Å²) < 4.78 is 37.1. The van der Waals surface area contributed by atoms with Gasteiger partial charge >= 0.3 is 5.69 Å². The van der Waals surface area contributed by atoms with E-state index in [4.69, 9.17) is 9.47 Å². The van der Waals surface area contributed by atoms with Crippen LogP contribution in [0.5, 0.6) is 11.5 Å². The summed E-state index contributed by atoms with van der Waals surface area (Å²) in [6.07, 6.45) is 5.90. The zero-order chi connectivity index (χ0) is 24.5. The number of aryl methyl sites for hydroxylation is 1. The normalized spacial score (nSPS) is 12.6. The van der Waals surface area contributed by atoms with Gasteiger partial charge in [0.15, 0.2) is 17.1 Å². The fourth-order valence-electron chi connectivity index (χ4n) is 3.90. The highest BCUT2D eigenvalue weighted by molar-refractivity contribution is 7.90. The molecule has 0 amide bonds. The van der Waals surface area contributed by atoms with E-state index in [2.05, 4.69) is 19.9 Å². The molecule has 0 aliphatic carbocycles. The summed E-state index contributed by atoms with van der Waals surface area (Å²) in [6.45, 7) is 4.10. The topological polar surface area (TPSA) is 129 Å². The zero-order valence-corrected chi connectivity index (χ0v) is 20.1. The van der Waals surface area contributed by atoms with Gasteiger partial charge in [0, 0.05) is 35.5 Å². The number of nitrogens with one attached hydrogen (secondary N) is 1. The van der Waals surface area contributed by atoms with Crippen LogP contribution < -0.4 is 15.2 Å². The summed E-state index contributed by atoms with van der Waals surface area (Å²) in [4.78, 5) is 28.7. The minimum absolute atomic E-state index is 0.299. The number of sulfone groups is 1. The number of hydrogen-bond acceptors (Lipinski definition) is 8. The highest BCUT2D eigenvalue weighted by atomic mass is 32.2. The Morgan fingerprint density at radius 3 is 2.62 bits per heavy atom. The van der Waals surface area contributed by atoms with Crippen LogP contribution in [0.25, 0.3) is 22.3 Å². The van der Waals surface area contributed by atoms with Crippen molar-refractivity contribution in [2.24, 2.45) is 0 Å². The van der Waals surface area contributed by atoms with Gasteiger partial charge in [0.2, 0.25) is 0 Å². The van der Waals surface area contributed by atoms with Crippen molar-refractivity contribution < 1.29 is 17.9 Å². The number of hydrogen-bond donors (Lipinski definition) is 1. The molecule has 34 heavy (non-hydrogen) atoms. The fourth-order valence-corrected chi connectivity index (χ4v) is 4.81. The molecule has 0 unspecified atom stereocenters. The van der Waals surface area contributed by atoms with Crippen molar-refractivity contribution in [3.8, 4) is 22.6 Å². The third-order valence-corrected chi connectivity index (χ3v) is 6.34. The maximum Gasteiger partial charge on any atom is 0.328 e. The molecule has 0 aliphatic rings. The molecule has 1 N–H and O–H groups in total. The van der Waals surface area contributed by atoms with Gasteiger partial charge in [-0.05, 0) is 37.6 Å². The first kappa shape index (κ1) is 23.4. The Hall–Kier alpha value is -3.73. The molecule has 0 fully saturated rings. The lowest BCUT2D eigenvalue weighted by molar-refractivity contribution is 0.310. The summed E-state index contributed by atoms with van der Waals surface area (Å²) in [5.74, 6) is 0.675. The van der Waals surface area contributed by atoms with E-state index in [1.54, 1.807) is 36.7 Å². The summed E-state index contributed by atoms with van der Waals surface area (Å²) in [5, 5.41) is 0. The van der Waals surface area contributed by atoms with Crippen LogP contribution in [0.3, 0.4) is 0 Å². The van der Waals surface area contributed by atoms with Crippen molar-refractivity contribution in [3.63, 3.8) is 0 Å². The first-order chi connectivity index (χ1) is 16.2. The number of aromatic amines is 1. The third-order valence-electron chi connectivity index (χ3n) is 5.42. The number of ether oxygens (including phenoxy) is 2. The molecule has 11 heteroatoms. The lowest BCUT2D eigenvalue weighted by atomic mass is 10.1. The second kappa shape index (κ2) is 9.26. The second-order valence-corrected chi connectivity index (χ2v) is 10.1. The average Bonchev–Trinajstić information content (AvgIpc) is 3.12. The molecule has 4 rings (SSSR count). The first-order valence-electron chi connectivity index (χ1n) is 10.6. The Kier molecular flexibility index (Phi) is 6.38. The number of rotatable bonds is 8. The molecule has 0 radical (unpaired) electrons. The van der Waals surface area contributed by atoms with Gasteiger partial charge in [-0.15, -0.1) is 0 Å². The van der Waals surface area contributed by atoms with Gasteiger partial charge in [-0.25, -0.2) is 28.2 Å². The number of H-pyrrole nitrogens is 1. The fraction of sp³-hybridized carbons (Fsp3) is 0.304. The van der Waals surface area contributed by atoms with E-state index in [1.807, 2.05) is 13.8 Å². The van der Waals surface area contributed by atoms with Gasteiger partial charge in [0.1, 0.15) is 16.2 Å². The standard InChI is InChI=1S/C23H25N5O5S/c1-5-33-21-9-15(6-7-20(21)32-3)19(12-34(4,30)31)28-22-18(27-23(28)29)8-16(10-25-22)17-11-24-13-26-14(17)2/h6-11,13,19H,5,12H2,1-4H3,(H,27,29)/t19-/m1/s1. The van der Waals surface area contributed by atoms with Crippen molar-refractivity contribution in [2.75, 3.05) is 25.7 Å². The molecule has 0 saturated heterocycles. The Labute approximate surface area is 196 Å². The minimum atomic E-state index is -3.47. The summed E-state index contributed by atoms with van der Waals surface area (Å²) in [7, 11) is -1.95. The van der Waals surface area contributed by atoms with E-state index in [0.717, 1.165) is 23.1 Å². The summed E-state index contributed by atoms with van der Waals surface area (Å²) in [6, 6.07) is 6.06. The Bertz CT molecular complexity index is 1510. The van der Waals surface area contributed by atoms with Crippen LogP contribution in [0.1, 0.15) is 24.2 Å². The number of fused-ring (bicyclic) bond motifs is 1. The van der Waals surface area contributed by atoms with E-state index in [0.29, 0.717) is 34.8 Å². The number of imidazole rings is 1. The molecule has 4 aromatic rings. The molecule has 178 valence electrons. The van der Waals surface area contributed by atoms with Crippen LogP contribution in [-0.2, 0) is 9.84 Å². The zero-order valence-electron chi connectivity index (χ0n) is 19.3. The SMILES string of the molecule is CCOc1cc([C@@H](CS(C)(=O)=O)n2c(=O)[nH]c3cc(-c4cncnc4C)cnc32)ccc1OC. The molecule has 0 spiro atoms. The molecular formula is C23H25N5O5S. The molecular weight excluding hydrogens is 458 g/mol. The van der Waals surface area contributed by atoms with Gasteiger partial charge < -0.3 is 14.5 Å². The highest BCUT2D eigenvalue weighted by Gasteiger charge is 2.26. The maximum atomic E-state index is 13.1. The predicted molar refractivity (Wildman–Crippen MR) is 128 cm³/mol. The van der Waals surface area contributed by atoms with Gasteiger partial charge in [0.05, 0.1) is 31.0 Å². The van der Waals surface area contributed by atoms with E-state index >= 15 is 0 Å². The average molecular weight is 484 g/mol. The molecule has 0 saturated carbocycles. The molecule has 1 atom stereocenters. The molecule has 10 nitrogen and oxygen atoms in total. The number of nitrogens with zero attached hydrogens (tertiary/aromatic N) is 4. The van der Waals surface area contributed by atoms with Crippen LogP contribution in [0, 0.1) is 6.92 Å². The third kappa shape index (κ3) is 4.65. The van der Waals surface area contributed by atoms with Crippen LogP contribution >= 0.6 is 0 Å². The van der Waals surface area contributed by atoms with Crippen molar-refractivity contribution in [1.29, 1.82) is 0 Å². The smallest absolute Gasteiger partial charge is 0.328 e. The number of benzene rings is 1. The molecule has 3 heterocycles. The monoisotopic (exact) mass is 483 g/mol. The quantitative estimate of drug-likeness (QED) is 0.405. The van der Waals surface area contributed by atoms with Gasteiger partial charge in [-0.1, -0.05) is 6.07 Å². The molecule has 0 bridgehead atoms. The lowest BCUT2D eigenvalue weighted by Gasteiger charge is -2.20.